The normalized spacial score (nSPS) is 14.4. The third-order valence-electron chi connectivity index (χ3n) is 10.5. The molecular formula is C42H70O7. The highest BCUT2D eigenvalue weighted by Crippen LogP contribution is 2.40. The van der Waals surface area contributed by atoms with E-state index in [1.54, 1.807) is 6.08 Å². The molecule has 0 aromatic heterocycles. The molecule has 0 saturated heterocycles. The Morgan fingerprint density at radius 1 is 0.898 bits per heavy atom. The van der Waals surface area contributed by atoms with E-state index in [4.69, 9.17) is 23.7 Å². The average molecular weight is 687 g/mol. The fraction of sp³-hybridized carbons (Fsp3) is 0.690. The number of aliphatic carboxylic acids is 1. The van der Waals surface area contributed by atoms with Crippen molar-refractivity contribution in [3.63, 3.8) is 0 Å². The molecular weight excluding hydrogens is 616 g/mol. The van der Waals surface area contributed by atoms with E-state index in [0.717, 1.165) is 57.8 Å². The predicted molar refractivity (Wildman–Crippen MR) is 202 cm³/mol. The summed E-state index contributed by atoms with van der Waals surface area (Å²) in [6.45, 7) is 26.1. The van der Waals surface area contributed by atoms with Crippen molar-refractivity contribution in [3.05, 3.63) is 73.0 Å². The van der Waals surface area contributed by atoms with Gasteiger partial charge in [0, 0.05) is 13.0 Å². The summed E-state index contributed by atoms with van der Waals surface area (Å²) in [6.07, 6.45) is 14.0. The molecule has 0 heterocycles. The molecule has 0 saturated carbocycles. The molecule has 0 aliphatic heterocycles. The average Bonchev–Trinajstić information content (AvgIpc) is 3.12. The zero-order chi connectivity index (χ0) is 36.8. The lowest BCUT2D eigenvalue weighted by atomic mass is 9.77. The van der Waals surface area contributed by atoms with Crippen molar-refractivity contribution in [1.29, 1.82) is 0 Å². The van der Waals surface area contributed by atoms with E-state index >= 15 is 0 Å². The molecule has 280 valence electrons. The highest BCUT2D eigenvalue weighted by molar-refractivity contribution is 5.67. The number of benzene rings is 1. The Kier molecular flexibility index (Phi) is 21.7. The largest absolute Gasteiger partial charge is 0.492 e. The number of ether oxygens (including phenoxy) is 5. The summed E-state index contributed by atoms with van der Waals surface area (Å²) in [5, 5.41) is 9.25. The van der Waals surface area contributed by atoms with Gasteiger partial charge in [0.1, 0.15) is 19.0 Å². The van der Waals surface area contributed by atoms with Gasteiger partial charge in [0.15, 0.2) is 0 Å². The smallest absolute Gasteiger partial charge is 0.329 e. The minimum atomic E-state index is -0.982. The topological polar surface area (TPSA) is 83.5 Å². The maximum Gasteiger partial charge on any atom is 0.329 e. The van der Waals surface area contributed by atoms with Gasteiger partial charge in [-0.25, -0.2) is 4.79 Å². The molecule has 0 spiro atoms. The predicted octanol–water partition coefficient (Wildman–Crippen LogP) is 10.3. The summed E-state index contributed by atoms with van der Waals surface area (Å²) in [5.74, 6) is -0.289. The highest BCUT2D eigenvalue weighted by Gasteiger charge is 2.42. The summed E-state index contributed by atoms with van der Waals surface area (Å²) in [7, 11) is 0. The van der Waals surface area contributed by atoms with Gasteiger partial charge in [-0.3, -0.25) is 0 Å². The first-order chi connectivity index (χ1) is 23.4. The zero-order valence-corrected chi connectivity index (χ0v) is 32.3. The van der Waals surface area contributed by atoms with Crippen LogP contribution < -0.4 is 0 Å². The quantitative estimate of drug-likeness (QED) is 0.0490. The molecule has 0 fully saturated rings. The van der Waals surface area contributed by atoms with Crippen LogP contribution in [0.5, 0.6) is 0 Å². The van der Waals surface area contributed by atoms with Crippen LogP contribution in [0.4, 0.5) is 0 Å². The van der Waals surface area contributed by atoms with Gasteiger partial charge in [0.05, 0.1) is 35.6 Å². The maximum absolute atomic E-state index is 11.3. The Bertz CT molecular complexity index is 1070. The Hall–Kier alpha value is -2.45. The van der Waals surface area contributed by atoms with Crippen LogP contribution in [0.25, 0.3) is 0 Å². The SMILES string of the molecule is C=CC=CC(=C)OCC(CC(CC)(CC)OCCCc1ccccc1)OC(CC)(CC)C(CC)CC(COCC(=O)O)OC(C)(CC)CC. The van der Waals surface area contributed by atoms with Crippen molar-refractivity contribution in [2.24, 2.45) is 5.92 Å². The molecule has 1 N–H and O–H groups in total. The first-order valence-corrected chi connectivity index (χ1v) is 18.9. The molecule has 1 rings (SSSR count). The second kappa shape index (κ2) is 23.9. The second-order valence-corrected chi connectivity index (χ2v) is 13.6. The fourth-order valence-corrected chi connectivity index (χ4v) is 6.72. The standard InChI is InChI=1S/C42H70O7/c1-11-19-24-34(9)46-32-38(30-41(15-5,16-6)47-28-23-27-35-25-21-20-22-26-35)49-42(17-7,18-8)36(12-2)29-37(31-45-33-39(43)44)48-40(10,13-3)14-4/h11,19-22,24-26,36-38H,1,9,12-18,23,27-33H2,2-8,10H3,(H,43,44). The Labute approximate surface area is 299 Å². The summed E-state index contributed by atoms with van der Waals surface area (Å²) < 4.78 is 32.7. The van der Waals surface area contributed by atoms with Gasteiger partial charge in [-0.1, -0.05) is 111 Å². The molecule has 0 radical (unpaired) electrons. The van der Waals surface area contributed by atoms with Crippen molar-refractivity contribution in [1.82, 2.24) is 0 Å². The summed E-state index contributed by atoms with van der Waals surface area (Å²) in [5.41, 5.74) is 0.163. The first kappa shape index (κ1) is 44.6. The highest BCUT2D eigenvalue weighted by atomic mass is 16.6. The van der Waals surface area contributed by atoms with Gasteiger partial charge in [-0.2, -0.15) is 0 Å². The van der Waals surface area contributed by atoms with E-state index in [2.05, 4.69) is 92.8 Å². The maximum atomic E-state index is 11.3. The third-order valence-corrected chi connectivity index (χ3v) is 10.5. The van der Waals surface area contributed by atoms with Crippen LogP contribution in [-0.2, 0) is 34.9 Å². The van der Waals surface area contributed by atoms with Crippen LogP contribution in [0.1, 0.15) is 125 Å². The van der Waals surface area contributed by atoms with Crippen LogP contribution in [0, 0.1) is 5.92 Å². The lowest BCUT2D eigenvalue weighted by molar-refractivity contribution is -0.187. The number of rotatable bonds is 30. The van der Waals surface area contributed by atoms with E-state index in [-0.39, 0.29) is 42.5 Å². The first-order valence-electron chi connectivity index (χ1n) is 18.9. The van der Waals surface area contributed by atoms with Gasteiger partial charge in [-0.15, -0.1) is 0 Å². The molecule has 7 nitrogen and oxygen atoms in total. The van der Waals surface area contributed by atoms with Gasteiger partial charge < -0.3 is 28.8 Å². The number of aryl methyl sites for hydroxylation is 1. The van der Waals surface area contributed by atoms with E-state index in [1.807, 2.05) is 18.2 Å². The number of carboxylic acids is 1. The van der Waals surface area contributed by atoms with Gasteiger partial charge >= 0.3 is 5.97 Å². The molecule has 0 amide bonds. The Morgan fingerprint density at radius 2 is 1.55 bits per heavy atom. The van der Waals surface area contributed by atoms with Crippen molar-refractivity contribution < 1.29 is 33.6 Å². The molecule has 0 aliphatic rings. The number of carbonyl (C=O) groups is 1. The zero-order valence-electron chi connectivity index (χ0n) is 32.3. The van der Waals surface area contributed by atoms with Crippen LogP contribution in [0.3, 0.4) is 0 Å². The van der Waals surface area contributed by atoms with Gasteiger partial charge in [-0.05, 0) is 82.3 Å². The molecule has 0 bridgehead atoms. The van der Waals surface area contributed by atoms with Crippen LogP contribution in [-0.4, -0.2) is 66.5 Å². The van der Waals surface area contributed by atoms with Gasteiger partial charge in [0.25, 0.3) is 0 Å². The molecule has 3 atom stereocenters. The fourth-order valence-electron chi connectivity index (χ4n) is 6.72. The molecule has 49 heavy (non-hydrogen) atoms. The summed E-state index contributed by atoms with van der Waals surface area (Å²) in [6, 6.07) is 10.5. The summed E-state index contributed by atoms with van der Waals surface area (Å²) in [4.78, 5) is 11.3. The van der Waals surface area contributed by atoms with E-state index < -0.39 is 11.6 Å². The van der Waals surface area contributed by atoms with Crippen molar-refractivity contribution >= 4 is 5.97 Å². The third kappa shape index (κ3) is 16.0. The van der Waals surface area contributed by atoms with Crippen LogP contribution >= 0.6 is 0 Å². The Balaban J connectivity index is 3.36. The Morgan fingerprint density at radius 3 is 2.08 bits per heavy atom. The van der Waals surface area contributed by atoms with Crippen LogP contribution in [0.15, 0.2) is 67.5 Å². The number of hydrogen-bond acceptors (Lipinski definition) is 6. The van der Waals surface area contributed by atoms with E-state index in [0.29, 0.717) is 31.8 Å². The van der Waals surface area contributed by atoms with E-state index in [9.17, 15) is 9.90 Å². The second-order valence-electron chi connectivity index (χ2n) is 13.6. The van der Waals surface area contributed by atoms with Crippen molar-refractivity contribution in [3.8, 4) is 0 Å². The number of hydrogen-bond donors (Lipinski definition) is 1. The minimum Gasteiger partial charge on any atom is -0.492 e. The lowest BCUT2D eigenvalue weighted by Gasteiger charge is -2.45. The molecule has 0 aliphatic carbocycles. The molecule has 1 aromatic rings. The molecule has 3 unspecified atom stereocenters. The lowest BCUT2D eigenvalue weighted by Crippen LogP contribution is -2.48. The van der Waals surface area contributed by atoms with Crippen LogP contribution in [0.2, 0.25) is 0 Å². The number of allylic oxidation sites excluding steroid dienone is 3. The van der Waals surface area contributed by atoms with Gasteiger partial charge in [0.2, 0.25) is 0 Å². The minimum absolute atomic E-state index is 0.134. The molecule has 7 heteroatoms. The summed E-state index contributed by atoms with van der Waals surface area (Å²) >= 11 is 0. The monoisotopic (exact) mass is 687 g/mol. The van der Waals surface area contributed by atoms with E-state index in [1.165, 1.54) is 5.56 Å². The van der Waals surface area contributed by atoms with Crippen molar-refractivity contribution in [2.75, 3.05) is 26.4 Å². The van der Waals surface area contributed by atoms with Crippen molar-refractivity contribution in [2.45, 2.75) is 155 Å². The molecule has 1 aromatic carbocycles. The number of carboxylic acid groups (broad SMARTS) is 1.